The van der Waals surface area contributed by atoms with Gasteiger partial charge in [0.25, 0.3) is 0 Å². The lowest BCUT2D eigenvalue weighted by Crippen LogP contribution is -2.06. The molecule has 0 saturated carbocycles. The monoisotopic (exact) mass is 292 g/mol. The van der Waals surface area contributed by atoms with E-state index in [1.807, 2.05) is 17.8 Å². The van der Waals surface area contributed by atoms with Gasteiger partial charge in [-0.2, -0.15) is 0 Å². The molecule has 20 heavy (non-hydrogen) atoms. The van der Waals surface area contributed by atoms with E-state index < -0.39 is 0 Å². The number of ether oxygens (including phenoxy) is 2. The molecule has 2 aromatic rings. The molecule has 0 spiro atoms. The van der Waals surface area contributed by atoms with Crippen molar-refractivity contribution in [2.24, 2.45) is 0 Å². The van der Waals surface area contributed by atoms with Crippen molar-refractivity contribution in [1.29, 1.82) is 0 Å². The summed E-state index contributed by atoms with van der Waals surface area (Å²) in [5.74, 6) is 0. The minimum absolute atomic E-state index is 0.257. The molecule has 0 amide bonds. The number of thiazole rings is 1. The van der Waals surface area contributed by atoms with Gasteiger partial charge in [0.1, 0.15) is 0 Å². The summed E-state index contributed by atoms with van der Waals surface area (Å²) in [5, 5.41) is 3.48. The van der Waals surface area contributed by atoms with E-state index in [0.29, 0.717) is 19.8 Å². The van der Waals surface area contributed by atoms with E-state index in [1.54, 1.807) is 18.4 Å². The summed E-state index contributed by atoms with van der Waals surface area (Å²) in [5.41, 5.74) is 4.11. The van der Waals surface area contributed by atoms with Crippen LogP contribution in [0.3, 0.4) is 0 Å². The summed E-state index contributed by atoms with van der Waals surface area (Å²) in [6, 6.07) is 8.54. The summed E-state index contributed by atoms with van der Waals surface area (Å²) >= 11 is 1.66. The Morgan fingerprint density at radius 2 is 2.25 bits per heavy atom. The zero-order chi connectivity index (χ0) is 14.2. The first-order valence-electron chi connectivity index (χ1n) is 6.60. The second-order valence-electron chi connectivity index (χ2n) is 4.52. The predicted molar refractivity (Wildman–Crippen MR) is 82.1 cm³/mol. The summed E-state index contributed by atoms with van der Waals surface area (Å²) in [7, 11) is 1.68. The van der Waals surface area contributed by atoms with Crippen molar-refractivity contribution in [2.45, 2.75) is 19.6 Å². The Kier molecular flexibility index (Phi) is 5.98. The smallest absolute Gasteiger partial charge is 0.0795 e. The van der Waals surface area contributed by atoms with Crippen LogP contribution in [0.1, 0.15) is 23.4 Å². The van der Waals surface area contributed by atoms with Crippen LogP contribution in [0.25, 0.3) is 0 Å². The Hall–Kier alpha value is -1.43. The second-order valence-corrected chi connectivity index (χ2v) is 5.43. The summed E-state index contributed by atoms with van der Waals surface area (Å²) in [4.78, 5) is 5.34. The Morgan fingerprint density at radius 3 is 3.00 bits per heavy atom. The van der Waals surface area contributed by atoms with Crippen molar-refractivity contribution in [3.63, 3.8) is 0 Å². The summed E-state index contributed by atoms with van der Waals surface area (Å²) in [6.07, 6.45) is 1.90. The minimum Gasteiger partial charge on any atom is -0.382 e. The summed E-state index contributed by atoms with van der Waals surface area (Å²) in [6.45, 7) is 3.98. The highest BCUT2D eigenvalue weighted by Gasteiger charge is 2.07. The van der Waals surface area contributed by atoms with Crippen LogP contribution in [-0.2, 0) is 16.1 Å². The van der Waals surface area contributed by atoms with Gasteiger partial charge in [-0.15, -0.1) is 11.3 Å². The Morgan fingerprint density at radius 1 is 1.35 bits per heavy atom. The maximum absolute atomic E-state index is 5.53. The standard InChI is InChI=1S/C15H20N2O2S/c1-12(15-9-16-11-20-15)17-14-5-3-4-13(8-14)10-19-7-6-18-2/h3-5,8-9,11-12,17H,6-7,10H2,1-2H3. The Balaban J connectivity index is 1.89. The first-order chi connectivity index (χ1) is 9.79. The average molecular weight is 292 g/mol. The maximum Gasteiger partial charge on any atom is 0.0795 e. The summed E-state index contributed by atoms with van der Waals surface area (Å²) < 4.78 is 10.5. The van der Waals surface area contributed by atoms with Crippen molar-refractivity contribution in [2.75, 3.05) is 25.6 Å². The minimum atomic E-state index is 0.257. The number of benzene rings is 1. The molecule has 1 N–H and O–H groups in total. The fraction of sp³-hybridized carbons (Fsp3) is 0.400. The van der Waals surface area contributed by atoms with Crippen molar-refractivity contribution in [3.05, 3.63) is 46.4 Å². The number of rotatable bonds is 8. The van der Waals surface area contributed by atoms with Crippen LogP contribution in [-0.4, -0.2) is 25.3 Å². The normalized spacial score (nSPS) is 12.3. The molecular formula is C15H20N2O2S. The molecule has 5 heteroatoms. The first kappa shape index (κ1) is 15.0. The molecule has 1 heterocycles. The Labute approximate surface area is 123 Å². The number of hydrogen-bond acceptors (Lipinski definition) is 5. The van der Waals surface area contributed by atoms with Crippen LogP contribution in [0.15, 0.2) is 36.0 Å². The van der Waals surface area contributed by atoms with Gasteiger partial charge < -0.3 is 14.8 Å². The van der Waals surface area contributed by atoms with Crippen LogP contribution in [0, 0.1) is 0 Å². The molecule has 1 atom stereocenters. The number of nitrogens with zero attached hydrogens (tertiary/aromatic N) is 1. The SMILES string of the molecule is COCCOCc1cccc(NC(C)c2cncs2)c1. The van der Waals surface area contributed by atoms with Crippen molar-refractivity contribution in [1.82, 2.24) is 4.98 Å². The van der Waals surface area contributed by atoms with E-state index in [9.17, 15) is 0 Å². The molecule has 0 aliphatic rings. The lowest BCUT2D eigenvalue weighted by Gasteiger charge is -2.14. The molecule has 1 unspecified atom stereocenters. The van der Waals surface area contributed by atoms with Crippen LogP contribution >= 0.6 is 11.3 Å². The maximum atomic E-state index is 5.53. The van der Waals surface area contributed by atoms with E-state index in [0.717, 1.165) is 11.3 Å². The predicted octanol–water partition coefficient (Wildman–Crippen LogP) is 3.48. The van der Waals surface area contributed by atoms with Gasteiger partial charge in [-0.05, 0) is 24.6 Å². The highest BCUT2D eigenvalue weighted by Crippen LogP contribution is 2.22. The van der Waals surface area contributed by atoms with Crippen molar-refractivity contribution >= 4 is 17.0 Å². The van der Waals surface area contributed by atoms with Gasteiger partial charge >= 0.3 is 0 Å². The number of anilines is 1. The van der Waals surface area contributed by atoms with Gasteiger partial charge in [-0.1, -0.05) is 12.1 Å². The lowest BCUT2D eigenvalue weighted by atomic mass is 10.2. The van der Waals surface area contributed by atoms with Crippen LogP contribution in [0.5, 0.6) is 0 Å². The molecule has 2 rings (SSSR count). The van der Waals surface area contributed by atoms with E-state index in [1.165, 1.54) is 4.88 Å². The number of methoxy groups -OCH3 is 1. The van der Waals surface area contributed by atoms with E-state index in [-0.39, 0.29) is 6.04 Å². The second kappa shape index (κ2) is 7.99. The molecule has 0 aliphatic heterocycles. The van der Waals surface area contributed by atoms with Crippen molar-refractivity contribution in [3.8, 4) is 0 Å². The lowest BCUT2D eigenvalue weighted by molar-refractivity contribution is 0.0617. The van der Waals surface area contributed by atoms with E-state index in [2.05, 4.69) is 35.4 Å². The van der Waals surface area contributed by atoms with Gasteiger partial charge in [0.05, 0.1) is 31.4 Å². The van der Waals surface area contributed by atoms with Crippen molar-refractivity contribution < 1.29 is 9.47 Å². The van der Waals surface area contributed by atoms with Gasteiger partial charge in [-0.3, -0.25) is 4.98 Å². The van der Waals surface area contributed by atoms with Crippen LogP contribution < -0.4 is 5.32 Å². The quantitative estimate of drug-likeness (QED) is 0.757. The van der Waals surface area contributed by atoms with E-state index >= 15 is 0 Å². The van der Waals surface area contributed by atoms with E-state index in [4.69, 9.17) is 9.47 Å². The highest BCUT2D eigenvalue weighted by atomic mass is 32.1. The largest absolute Gasteiger partial charge is 0.382 e. The topological polar surface area (TPSA) is 43.4 Å². The Bertz CT molecular complexity index is 502. The molecular weight excluding hydrogens is 272 g/mol. The molecule has 1 aromatic carbocycles. The number of nitrogens with one attached hydrogen (secondary N) is 1. The zero-order valence-electron chi connectivity index (χ0n) is 11.8. The molecule has 0 aliphatic carbocycles. The fourth-order valence-electron chi connectivity index (χ4n) is 1.84. The average Bonchev–Trinajstić information content (AvgIpc) is 2.98. The molecule has 4 nitrogen and oxygen atoms in total. The molecule has 0 fully saturated rings. The third kappa shape index (κ3) is 4.59. The molecule has 0 radical (unpaired) electrons. The molecule has 1 aromatic heterocycles. The molecule has 108 valence electrons. The third-order valence-electron chi connectivity index (χ3n) is 2.89. The zero-order valence-corrected chi connectivity index (χ0v) is 12.7. The number of hydrogen-bond donors (Lipinski definition) is 1. The molecule has 0 bridgehead atoms. The van der Waals surface area contributed by atoms with Gasteiger partial charge in [0.15, 0.2) is 0 Å². The van der Waals surface area contributed by atoms with Gasteiger partial charge in [-0.25, -0.2) is 0 Å². The number of aromatic nitrogens is 1. The van der Waals surface area contributed by atoms with Gasteiger partial charge in [0, 0.05) is 23.9 Å². The van der Waals surface area contributed by atoms with Crippen LogP contribution in [0.4, 0.5) is 5.69 Å². The molecule has 0 saturated heterocycles. The van der Waals surface area contributed by atoms with Crippen LogP contribution in [0.2, 0.25) is 0 Å². The van der Waals surface area contributed by atoms with Gasteiger partial charge in [0.2, 0.25) is 0 Å². The first-order valence-corrected chi connectivity index (χ1v) is 7.48. The fourth-order valence-corrected chi connectivity index (χ4v) is 2.47. The highest BCUT2D eigenvalue weighted by molar-refractivity contribution is 7.09. The third-order valence-corrected chi connectivity index (χ3v) is 3.85.